The summed E-state index contributed by atoms with van der Waals surface area (Å²) in [5, 5.41) is 3.96. The van der Waals surface area contributed by atoms with Crippen molar-refractivity contribution in [1.82, 2.24) is 20.0 Å². The SMILES string of the molecule is C=C(C)C1CC(=O)C(C)=C(N2CCN(C(=O)CCC(=O)NC3CCC(Cc4cccc(Cl)c4)(N(C)C)CC3)CC2)C1. The first kappa shape index (κ1) is 31.3. The minimum absolute atomic E-state index is 0.0295. The average molecular weight is 583 g/mol. The number of rotatable bonds is 9. The second kappa shape index (κ2) is 13.6. The Morgan fingerprint density at radius 1 is 1.10 bits per heavy atom. The quantitative estimate of drug-likeness (QED) is 0.415. The van der Waals surface area contributed by atoms with Crippen LogP contribution in [0.25, 0.3) is 0 Å². The first-order valence-electron chi connectivity index (χ1n) is 15.1. The summed E-state index contributed by atoms with van der Waals surface area (Å²) in [6.45, 7) is 10.7. The van der Waals surface area contributed by atoms with Crippen molar-refractivity contribution in [3.8, 4) is 0 Å². The summed E-state index contributed by atoms with van der Waals surface area (Å²) >= 11 is 6.23. The van der Waals surface area contributed by atoms with E-state index in [1.807, 2.05) is 36.9 Å². The molecule has 41 heavy (non-hydrogen) atoms. The van der Waals surface area contributed by atoms with Gasteiger partial charge in [-0.2, -0.15) is 0 Å². The van der Waals surface area contributed by atoms with Gasteiger partial charge < -0.3 is 20.0 Å². The fourth-order valence-electron chi connectivity index (χ4n) is 6.72. The van der Waals surface area contributed by atoms with Gasteiger partial charge in [0, 0.05) is 73.3 Å². The van der Waals surface area contributed by atoms with Crippen LogP contribution in [0.2, 0.25) is 5.02 Å². The molecule has 1 heterocycles. The standard InChI is InChI=1S/C33H47ClN4O3/c1-23(2)26-20-29(24(3)30(39)21-26)37-15-17-38(18-16-37)32(41)10-9-31(40)35-28-11-13-33(14-12-28,36(4)5)22-25-7-6-8-27(34)19-25/h6-8,19,26,28H,1,9-18,20-22H2,2-5H3,(H,35,40). The number of piperazine rings is 1. The van der Waals surface area contributed by atoms with Crippen LogP contribution in [-0.4, -0.2) is 84.2 Å². The summed E-state index contributed by atoms with van der Waals surface area (Å²) in [7, 11) is 4.28. The summed E-state index contributed by atoms with van der Waals surface area (Å²) in [4.78, 5) is 44.7. The molecule has 2 fully saturated rings. The predicted molar refractivity (Wildman–Crippen MR) is 165 cm³/mol. The van der Waals surface area contributed by atoms with E-state index >= 15 is 0 Å². The number of halogens is 1. The van der Waals surface area contributed by atoms with Crippen LogP contribution in [-0.2, 0) is 20.8 Å². The molecule has 1 unspecified atom stereocenters. The maximum atomic E-state index is 12.9. The van der Waals surface area contributed by atoms with Gasteiger partial charge >= 0.3 is 0 Å². The Balaban J connectivity index is 1.20. The number of Topliss-reactive ketones (excluding diaryl/α,β-unsaturated/α-hetero) is 1. The van der Waals surface area contributed by atoms with E-state index in [2.05, 4.69) is 41.9 Å². The number of ketones is 1. The molecule has 7 nitrogen and oxygen atoms in total. The van der Waals surface area contributed by atoms with Gasteiger partial charge in [-0.05, 0) is 90.1 Å². The Hall–Kier alpha value is -2.64. The molecule has 8 heteroatoms. The van der Waals surface area contributed by atoms with Gasteiger partial charge in [0.15, 0.2) is 5.78 Å². The topological polar surface area (TPSA) is 73.0 Å². The molecule has 1 aromatic carbocycles. The number of amides is 2. The lowest BCUT2D eigenvalue weighted by molar-refractivity contribution is -0.135. The third-order valence-electron chi connectivity index (χ3n) is 9.65. The molecule has 2 aliphatic carbocycles. The van der Waals surface area contributed by atoms with Crippen LogP contribution in [0.1, 0.15) is 70.8 Å². The summed E-state index contributed by atoms with van der Waals surface area (Å²) in [5.74, 6) is 0.393. The van der Waals surface area contributed by atoms with Crippen molar-refractivity contribution in [3.05, 3.63) is 58.3 Å². The second-order valence-corrected chi connectivity index (χ2v) is 13.0. The number of likely N-dealkylation sites (N-methyl/N-ethyl adjacent to an activating group) is 1. The average Bonchev–Trinajstić information content (AvgIpc) is 2.94. The lowest BCUT2D eigenvalue weighted by atomic mass is 9.75. The molecule has 4 rings (SSSR count). The highest BCUT2D eigenvalue weighted by molar-refractivity contribution is 6.30. The van der Waals surface area contributed by atoms with Gasteiger partial charge in [0.05, 0.1) is 0 Å². The molecule has 224 valence electrons. The molecule has 1 saturated carbocycles. The van der Waals surface area contributed by atoms with Crippen molar-refractivity contribution in [2.75, 3.05) is 40.3 Å². The van der Waals surface area contributed by atoms with Crippen LogP contribution < -0.4 is 5.32 Å². The monoisotopic (exact) mass is 582 g/mol. The van der Waals surface area contributed by atoms with Gasteiger partial charge in [0.2, 0.25) is 11.8 Å². The minimum Gasteiger partial charge on any atom is -0.371 e. The molecule has 1 saturated heterocycles. The molecule has 1 atom stereocenters. The van der Waals surface area contributed by atoms with E-state index in [9.17, 15) is 14.4 Å². The Kier molecular flexibility index (Phi) is 10.3. The third kappa shape index (κ3) is 7.81. The molecule has 3 aliphatic rings. The van der Waals surface area contributed by atoms with E-state index in [0.717, 1.165) is 60.4 Å². The van der Waals surface area contributed by atoms with Crippen LogP contribution in [0.4, 0.5) is 0 Å². The van der Waals surface area contributed by atoms with Crippen LogP contribution in [0.3, 0.4) is 0 Å². The van der Waals surface area contributed by atoms with E-state index in [0.29, 0.717) is 32.6 Å². The minimum atomic E-state index is -0.0403. The van der Waals surface area contributed by atoms with Gasteiger partial charge in [-0.1, -0.05) is 35.9 Å². The highest BCUT2D eigenvalue weighted by atomic mass is 35.5. The molecule has 1 aliphatic heterocycles. The van der Waals surface area contributed by atoms with Crippen molar-refractivity contribution >= 4 is 29.2 Å². The summed E-state index contributed by atoms with van der Waals surface area (Å²) in [5.41, 5.74) is 4.31. The maximum Gasteiger partial charge on any atom is 0.223 e. The number of benzene rings is 1. The smallest absolute Gasteiger partial charge is 0.223 e. The largest absolute Gasteiger partial charge is 0.371 e. The van der Waals surface area contributed by atoms with Crippen molar-refractivity contribution in [2.45, 2.75) is 83.2 Å². The normalized spacial score (nSPS) is 25.5. The summed E-state index contributed by atoms with van der Waals surface area (Å²) in [6.07, 6.45) is 6.61. The van der Waals surface area contributed by atoms with Gasteiger partial charge in [-0.3, -0.25) is 14.4 Å². The van der Waals surface area contributed by atoms with Crippen molar-refractivity contribution in [1.29, 1.82) is 0 Å². The van der Waals surface area contributed by atoms with Crippen molar-refractivity contribution < 1.29 is 14.4 Å². The molecule has 0 bridgehead atoms. The molecule has 0 radical (unpaired) electrons. The van der Waals surface area contributed by atoms with Gasteiger partial charge in [0.25, 0.3) is 0 Å². The van der Waals surface area contributed by atoms with Crippen LogP contribution in [0, 0.1) is 5.92 Å². The van der Waals surface area contributed by atoms with E-state index in [1.165, 1.54) is 5.56 Å². The van der Waals surface area contributed by atoms with Gasteiger partial charge in [-0.25, -0.2) is 0 Å². The zero-order chi connectivity index (χ0) is 29.7. The fraction of sp³-hybridized carbons (Fsp3) is 0.606. The first-order chi connectivity index (χ1) is 19.5. The zero-order valence-corrected chi connectivity index (χ0v) is 26.1. The molecule has 0 aromatic heterocycles. The highest BCUT2D eigenvalue weighted by Crippen LogP contribution is 2.36. The molecular formula is C33H47ClN4O3. The number of nitrogens with zero attached hydrogens (tertiary/aromatic N) is 3. The third-order valence-corrected chi connectivity index (χ3v) is 9.89. The zero-order valence-electron chi connectivity index (χ0n) is 25.3. The van der Waals surface area contributed by atoms with Gasteiger partial charge in [-0.15, -0.1) is 0 Å². The Labute approximate surface area is 251 Å². The van der Waals surface area contributed by atoms with Crippen molar-refractivity contribution in [2.24, 2.45) is 5.92 Å². The molecular weight excluding hydrogens is 536 g/mol. The number of allylic oxidation sites excluding steroid dienone is 3. The number of hydrogen-bond acceptors (Lipinski definition) is 5. The number of nitrogens with one attached hydrogen (secondary N) is 1. The van der Waals surface area contributed by atoms with Crippen LogP contribution >= 0.6 is 11.6 Å². The number of hydrogen-bond donors (Lipinski definition) is 1. The van der Waals surface area contributed by atoms with E-state index in [-0.39, 0.29) is 47.9 Å². The van der Waals surface area contributed by atoms with Crippen molar-refractivity contribution in [3.63, 3.8) is 0 Å². The Morgan fingerprint density at radius 2 is 1.78 bits per heavy atom. The lowest BCUT2D eigenvalue weighted by Crippen LogP contribution is -2.52. The first-order valence-corrected chi connectivity index (χ1v) is 15.5. The fourth-order valence-corrected chi connectivity index (χ4v) is 6.94. The number of carbonyl (C=O) groups excluding carboxylic acids is 3. The Bertz CT molecular complexity index is 1180. The van der Waals surface area contributed by atoms with E-state index < -0.39 is 0 Å². The highest BCUT2D eigenvalue weighted by Gasteiger charge is 2.38. The van der Waals surface area contributed by atoms with E-state index in [1.54, 1.807) is 0 Å². The maximum absolute atomic E-state index is 12.9. The predicted octanol–water partition coefficient (Wildman–Crippen LogP) is 5.00. The van der Waals surface area contributed by atoms with Gasteiger partial charge in [0.1, 0.15) is 0 Å². The lowest BCUT2D eigenvalue weighted by Gasteiger charge is -2.45. The molecule has 2 amide bonds. The van der Waals surface area contributed by atoms with Crippen LogP contribution in [0.5, 0.6) is 0 Å². The van der Waals surface area contributed by atoms with Crippen LogP contribution in [0.15, 0.2) is 47.7 Å². The van der Waals surface area contributed by atoms with E-state index in [4.69, 9.17) is 11.6 Å². The number of carbonyl (C=O) groups is 3. The molecule has 1 N–H and O–H groups in total. The molecule has 1 aromatic rings. The second-order valence-electron chi connectivity index (χ2n) is 12.6. The summed E-state index contributed by atoms with van der Waals surface area (Å²) in [6, 6.07) is 8.24. The Morgan fingerprint density at radius 3 is 2.39 bits per heavy atom. The molecule has 0 spiro atoms. The summed E-state index contributed by atoms with van der Waals surface area (Å²) < 4.78 is 0.